The van der Waals surface area contributed by atoms with Crippen molar-refractivity contribution in [3.63, 3.8) is 0 Å². The first kappa shape index (κ1) is 14.2. The molecule has 1 aliphatic rings. The third kappa shape index (κ3) is 2.98. The first-order chi connectivity index (χ1) is 10.2. The zero-order valence-electron chi connectivity index (χ0n) is 11.8. The second-order valence-electron chi connectivity index (χ2n) is 5.03. The van der Waals surface area contributed by atoms with E-state index in [1.54, 1.807) is 11.7 Å². The maximum absolute atomic E-state index is 11.8. The number of benzene rings is 1. The van der Waals surface area contributed by atoms with E-state index in [2.05, 4.69) is 10.2 Å². The van der Waals surface area contributed by atoms with Crippen LogP contribution >= 0.6 is 11.8 Å². The van der Waals surface area contributed by atoms with Crippen LogP contribution in [-0.2, 0) is 0 Å². The molecule has 2 aromatic rings. The van der Waals surface area contributed by atoms with E-state index in [4.69, 9.17) is 10.5 Å². The molecule has 1 unspecified atom stereocenters. The average molecular weight is 306 g/mol. The summed E-state index contributed by atoms with van der Waals surface area (Å²) in [5, 5.41) is 7.44. The number of H-pyrrole nitrogens is 1. The Morgan fingerprint density at radius 1 is 1.48 bits per heavy atom. The lowest BCUT2D eigenvalue weighted by Gasteiger charge is -2.15. The Morgan fingerprint density at radius 3 is 2.76 bits per heavy atom. The fourth-order valence-electron chi connectivity index (χ4n) is 2.23. The first-order valence-electron chi connectivity index (χ1n) is 6.90. The van der Waals surface area contributed by atoms with Crippen molar-refractivity contribution < 1.29 is 4.74 Å². The van der Waals surface area contributed by atoms with Crippen molar-refractivity contribution in [1.29, 1.82) is 0 Å². The topological polar surface area (TPSA) is 85.9 Å². The number of rotatable bonds is 6. The molecule has 7 heteroatoms. The van der Waals surface area contributed by atoms with Crippen molar-refractivity contribution in [2.24, 2.45) is 5.73 Å². The summed E-state index contributed by atoms with van der Waals surface area (Å²) in [5.74, 6) is 0.814. The summed E-state index contributed by atoms with van der Waals surface area (Å²) in [4.78, 5) is 11.8. The molecule has 6 nitrogen and oxygen atoms in total. The molecule has 3 N–H and O–H groups in total. The van der Waals surface area contributed by atoms with Crippen LogP contribution in [0.2, 0.25) is 0 Å². The monoisotopic (exact) mass is 306 g/mol. The molecule has 1 aromatic heterocycles. The van der Waals surface area contributed by atoms with Gasteiger partial charge in [0, 0.05) is 17.8 Å². The van der Waals surface area contributed by atoms with E-state index < -0.39 is 0 Å². The zero-order chi connectivity index (χ0) is 14.8. The van der Waals surface area contributed by atoms with Crippen molar-refractivity contribution in [2.75, 3.05) is 13.7 Å². The van der Waals surface area contributed by atoms with Gasteiger partial charge in [-0.3, -0.25) is 4.57 Å². The standard InChI is InChI=1S/C14H18N4O2S/c1-20-11-6-2-9(3-7-11)12(8-15)21-14-17-16-13(19)18(14)10-4-5-10/h2-3,6-7,10,12H,4-5,8,15H2,1H3,(H,16,19). The Morgan fingerprint density at radius 2 is 2.19 bits per heavy atom. The van der Waals surface area contributed by atoms with Gasteiger partial charge in [0.15, 0.2) is 5.16 Å². The van der Waals surface area contributed by atoms with E-state index in [-0.39, 0.29) is 10.9 Å². The Hall–Kier alpha value is -1.73. The van der Waals surface area contributed by atoms with Gasteiger partial charge in [0.1, 0.15) is 5.75 Å². The summed E-state index contributed by atoms with van der Waals surface area (Å²) in [6, 6.07) is 8.12. The van der Waals surface area contributed by atoms with Gasteiger partial charge in [-0.25, -0.2) is 9.89 Å². The van der Waals surface area contributed by atoms with E-state index in [0.29, 0.717) is 17.7 Å². The summed E-state index contributed by atoms with van der Waals surface area (Å²) in [7, 11) is 1.64. The van der Waals surface area contributed by atoms with E-state index >= 15 is 0 Å². The Bertz CT molecular complexity index is 660. The van der Waals surface area contributed by atoms with Crippen LogP contribution in [-0.4, -0.2) is 28.4 Å². The fraction of sp³-hybridized carbons (Fsp3) is 0.429. The third-order valence-corrected chi connectivity index (χ3v) is 4.78. The summed E-state index contributed by atoms with van der Waals surface area (Å²) in [5.41, 5.74) is 6.86. The van der Waals surface area contributed by atoms with E-state index in [0.717, 1.165) is 24.2 Å². The van der Waals surface area contributed by atoms with Crippen LogP contribution in [0.5, 0.6) is 5.75 Å². The van der Waals surface area contributed by atoms with Gasteiger partial charge in [-0.1, -0.05) is 23.9 Å². The number of nitrogens with two attached hydrogens (primary N) is 1. The van der Waals surface area contributed by atoms with E-state index in [1.807, 2.05) is 24.3 Å². The predicted octanol–water partition coefficient (Wildman–Crippen LogP) is 1.71. The Kier molecular flexibility index (Phi) is 4.03. The Balaban J connectivity index is 1.82. The molecule has 0 aliphatic heterocycles. The van der Waals surface area contributed by atoms with Crippen molar-refractivity contribution in [2.45, 2.75) is 29.3 Å². The highest BCUT2D eigenvalue weighted by Crippen LogP contribution is 2.39. The molecular weight excluding hydrogens is 288 g/mol. The number of ether oxygens (including phenoxy) is 1. The van der Waals surface area contributed by atoms with Gasteiger partial charge in [-0.05, 0) is 30.5 Å². The average Bonchev–Trinajstić information content (AvgIpc) is 3.29. The number of nitrogens with zero attached hydrogens (tertiary/aromatic N) is 2. The molecule has 0 spiro atoms. The maximum Gasteiger partial charge on any atom is 0.344 e. The fourth-order valence-corrected chi connectivity index (χ4v) is 3.31. The SMILES string of the molecule is COc1ccc(C(CN)Sc2n[nH]c(=O)n2C2CC2)cc1. The number of hydrogen-bond donors (Lipinski definition) is 2. The van der Waals surface area contributed by atoms with Gasteiger partial charge in [-0.15, -0.1) is 5.10 Å². The Labute approximate surface area is 126 Å². The summed E-state index contributed by atoms with van der Waals surface area (Å²) < 4.78 is 6.91. The van der Waals surface area contributed by atoms with Crippen LogP contribution in [0.15, 0.2) is 34.2 Å². The summed E-state index contributed by atoms with van der Waals surface area (Å²) in [6.45, 7) is 0.475. The van der Waals surface area contributed by atoms with Crippen molar-refractivity contribution in [1.82, 2.24) is 14.8 Å². The number of aromatic nitrogens is 3. The lowest BCUT2D eigenvalue weighted by Crippen LogP contribution is -2.17. The number of aromatic amines is 1. The van der Waals surface area contributed by atoms with Crippen LogP contribution < -0.4 is 16.2 Å². The van der Waals surface area contributed by atoms with Gasteiger partial charge in [0.05, 0.1) is 7.11 Å². The minimum atomic E-state index is -0.134. The predicted molar refractivity (Wildman–Crippen MR) is 81.8 cm³/mol. The van der Waals surface area contributed by atoms with Crippen LogP contribution in [0, 0.1) is 0 Å². The molecule has 21 heavy (non-hydrogen) atoms. The van der Waals surface area contributed by atoms with E-state index in [1.165, 1.54) is 11.8 Å². The zero-order valence-corrected chi connectivity index (χ0v) is 12.6. The minimum absolute atomic E-state index is 0.0589. The van der Waals surface area contributed by atoms with Crippen molar-refractivity contribution in [3.05, 3.63) is 40.3 Å². The molecule has 0 radical (unpaired) electrons. The summed E-state index contributed by atoms with van der Waals surface area (Å²) in [6.07, 6.45) is 2.09. The van der Waals surface area contributed by atoms with Crippen LogP contribution in [0.4, 0.5) is 0 Å². The molecule has 1 heterocycles. The van der Waals surface area contributed by atoms with Crippen LogP contribution in [0.1, 0.15) is 29.7 Å². The van der Waals surface area contributed by atoms with Gasteiger partial charge >= 0.3 is 5.69 Å². The molecule has 112 valence electrons. The van der Waals surface area contributed by atoms with Crippen LogP contribution in [0.3, 0.4) is 0 Å². The van der Waals surface area contributed by atoms with Crippen molar-refractivity contribution in [3.8, 4) is 5.75 Å². The highest BCUT2D eigenvalue weighted by Gasteiger charge is 2.29. The molecule has 1 fully saturated rings. The lowest BCUT2D eigenvalue weighted by atomic mass is 10.1. The number of nitrogens with one attached hydrogen (secondary N) is 1. The van der Waals surface area contributed by atoms with Crippen molar-refractivity contribution >= 4 is 11.8 Å². The van der Waals surface area contributed by atoms with E-state index in [9.17, 15) is 4.79 Å². The third-order valence-electron chi connectivity index (χ3n) is 3.53. The first-order valence-corrected chi connectivity index (χ1v) is 7.78. The van der Waals surface area contributed by atoms with Gasteiger partial charge in [0.2, 0.25) is 0 Å². The maximum atomic E-state index is 11.8. The molecule has 0 saturated heterocycles. The highest BCUT2D eigenvalue weighted by atomic mass is 32.2. The molecular formula is C14H18N4O2S. The molecule has 1 atom stereocenters. The smallest absolute Gasteiger partial charge is 0.344 e. The largest absolute Gasteiger partial charge is 0.497 e. The highest BCUT2D eigenvalue weighted by molar-refractivity contribution is 7.99. The molecule has 0 amide bonds. The molecule has 1 aliphatic carbocycles. The summed E-state index contributed by atoms with van der Waals surface area (Å²) >= 11 is 1.53. The molecule has 1 aromatic carbocycles. The minimum Gasteiger partial charge on any atom is -0.497 e. The number of hydrogen-bond acceptors (Lipinski definition) is 5. The molecule has 0 bridgehead atoms. The normalized spacial score (nSPS) is 15.9. The van der Waals surface area contributed by atoms with Gasteiger partial charge < -0.3 is 10.5 Å². The molecule has 1 saturated carbocycles. The quantitative estimate of drug-likeness (QED) is 0.793. The lowest BCUT2D eigenvalue weighted by molar-refractivity contribution is 0.414. The molecule has 3 rings (SSSR count). The van der Waals surface area contributed by atoms with Gasteiger partial charge in [-0.2, -0.15) is 0 Å². The second-order valence-corrected chi connectivity index (χ2v) is 6.20. The number of methoxy groups -OCH3 is 1. The second kappa shape index (κ2) is 5.95. The number of thioether (sulfide) groups is 1. The van der Waals surface area contributed by atoms with Crippen LogP contribution in [0.25, 0.3) is 0 Å². The van der Waals surface area contributed by atoms with Gasteiger partial charge in [0.25, 0.3) is 0 Å².